The SMILES string of the molecule is COC(=O)CN(C(=O)c1cc(O)ccc1N)C(C)C. The first-order valence-corrected chi connectivity index (χ1v) is 5.83. The molecule has 0 fully saturated rings. The smallest absolute Gasteiger partial charge is 0.325 e. The number of phenols is 1. The van der Waals surface area contributed by atoms with Crippen LogP contribution < -0.4 is 5.73 Å². The summed E-state index contributed by atoms with van der Waals surface area (Å²) in [6, 6.07) is 3.92. The Labute approximate surface area is 111 Å². The molecule has 0 aliphatic heterocycles. The molecule has 0 unspecified atom stereocenters. The molecule has 6 nitrogen and oxygen atoms in total. The van der Waals surface area contributed by atoms with Crippen LogP contribution in [-0.2, 0) is 9.53 Å². The molecule has 0 bridgehead atoms. The van der Waals surface area contributed by atoms with Gasteiger partial charge in [0.1, 0.15) is 12.3 Å². The molecular weight excluding hydrogens is 248 g/mol. The number of hydrogen-bond acceptors (Lipinski definition) is 5. The second-order valence-corrected chi connectivity index (χ2v) is 4.37. The number of aromatic hydroxyl groups is 1. The third-order valence-corrected chi connectivity index (χ3v) is 2.68. The van der Waals surface area contributed by atoms with Crippen molar-refractivity contribution < 1.29 is 19.4 Å². The van der Waals surface area contributed by atoms with Crippen molar-refractivity contribution >= 4 is 17.6 Å². The van der Waals surface area contributed by atoms with Crippen LogP contribution in [0, 0.1) is 0 Å². The molecule has 1 amide bonds. The third-order valence-electron chi connectivity index (χ3n) is 2.68. The molecule has 6 heteroatoms. The van der Waals surface area contributed by atoms with Crippen LogP contribution in [-0.4, -0.2) is 41.6 Å². The third kappa shape index (κ3) is 3.61. The molecule has 0 aromatic heterocycles. The number of phenolic OH excluding ortho intramolecular Hbond substituents is 1. The molecule has 3 N–H and O–H groups in total. The van der Waals surface area contributed by atoms with Gasteiger partial charge in [-0.1, -0.05) is 0 Å². The van der Waals surface area contributed by atoms with Gasteiger partial charge in [0, 0.05) is 11.7 Å². The minimum absolute atomic E-state index is 0.0562. The fraction of sp³-hybridized carbons (Fsp3) is 0.385. The van der Waals surface area contributed by atoms with Crippen molar-refractivity contribution in [3.8, 4) is 5.75 Å². The highest BCUT2D eigenvalue weighted by molar-refractivity contribution is 6.00. The zero-order chi connectivity index (χ0) is 14.6. The molecule has 104 valence electrons. The number of esters is 1. The Morgan fingerprint density at radius 1 is 1.42 bits per heavy atom. The number of benzene rings is 1. The van der Waals surface area contributed by atoms with Gasteiger partial charge in [-0.2, -0.15) is 0 Å². The number of nitrogens with zero attached hydrogens (tertiary/aromatic N) is 1. The van der Waals surface area contributed by atoms with Gasteiger partial charge in [0.15, 0.2) is 0 Å². The van der Waals surface area contributed by atoms with E-state index in [0.29, 0.717) is 0 Å². The van der Waals surface area contributed by atoms with E-state index >= 15 is 0 Å². The van der Waals surface area contributed by atoms with E-state index in [0.717, 1.165) is 0 Å². The minimum atomic E-state index is -0.513. The highest BCUT2D eigenvalue weighted by Crippen LogP contribution is 2.21. The molecular formula is C13H18N2O4. The highest BCUT2D eigenvalue weighted by atomic mass is 16.5. The number of amides is 1. The summed E-state index contributed by atoms with van der Waals surface area (Å²) >= 11 is 0. The van der Waals surface area contributed by atoms with Gasteiger partial charge >= 0.3 is 5.97 Å². The van der Waals surface area contributed by atoms with E-state index in [1.54, 1.807) is 13.8 Å². The molecule has 0 heterocycles. The van der Waals surface area contributed by atoms with Crippen LogP contribution in [0.4, 0.5) is 5.69 Å². The second kappa shape index (κ2) is 6.08. The van der Waals surface area contributed by atoms with Gasteiger partial charge in [0.2, 0.25) is 0 Å². The normalized spacial score (nSPS) is 10.3. The number of ether oxygens (including phenoxy) is 1. The minimum Gasteiger partial charge on any atom is -0.508 e. The average molecular weight is 266 g/mol. The lowest BCUT2D eigenvalue weighted by molar-refractivity contribution is -0.141. The Hall–Kier alpha value is -2.24. The van der Waals surface area contributed by atoms with Gasteiger partial charge < -0.3 is 20.5 Å². The van der Waals surface area contributed by atoms with E-state index in [4.69, 9.17) is 5.73 Å². The predicted molar refractivity (Wildman–Crippen MR) is 70.7 cm³/mol. The molecule has 0 saturated heterocycles. The monoisotopic (exact) mass is 266 g/mol. The number of carbonyl (C=O) groups is 2. The number of nitrogen functional groups attached to an aromatic ring is 1. The number of nitrogens with two attached hydrogens (primary N) is 1. The number of anilines is 1. The van der Waals surface area contributed by atoms with Gasteiger partial charge in [-0.25, -0.2) is 0 Å². The molecule has 0 spiro atoms. The molecule has 1 aromatic carbocycles. The van der Waals surface area contributed by atoms with Crippen molar-refractivity contribution in [2.75, 3.05) is 19.4 Å². The standard InChI is InChI=1S/C13H18N2O4/c1-8(2)15(7-12(17)19-3)13(18)10-6-9(16)4-5-11(10)14/h4-6,8,16H,7,14H2,1-3H3. The quantitative estimate of drug-likeness (QED) is 0.482. The second-order valence-electron chi connectivity index (χ2n) is 4.37. The van der Waals surface area contributed by atoms with Crippen molar-refractivity contribution in [3.63, 3.8) is 0 Å². The van der Waals surface area contributed by atoms with Crippen LogP contribution in [0.5, 0.6) is 5.75 Å². The summed E-state index contributed by atoms with van der Waals surface area (Å²) in [7, 11) is 1.26. The predicted octanol–water partition coefficient (Wildman–Crippen LogP) is 0.998. The van der Waals surface area contributed by atoms with Gasteiger partial charge in [-0.15, -0.1) is 0 Å². The largest absolute Gasteiger partial charge is 0.508 e. The average Bonchev–Trinajstić information content (AvgIpc) is 2.37. The van der Waals surface area contributed by atoms with Crippen molar-refractivity contribution in [1.29, 1.82) is 0 Å². The number of methoxy groups -OCH3 is 1. The fourth-order valence-electron chi connectivity index (χ4n) is 1.58. The van der Waals surface area contributed by atoms with Crippen LogP contribution in [0.1, 0.15) is 24.2 Å². The van der Waals surface area contributed by atoms with Crippen LogP contribution in [0.25, 0.3) is 0 Å². The van der Waals surface area contributed by atoms with E-state index in [9.17, 15) is 14.7 Å². The van der Waals surface area contributed by atoms with E-state index in [2.05, 4.69) is 4.74 Å². The Balaban J connectivity index is 3.05. The van der Waals surface area contributed by atoms with E-state index in [1.807, 2.05) is 0 Å². The molecule has 19 heavy (non-hydrogen) atoms. The van der Waals surface area contributed by atoms with Crippen LogP contribution in [0.3, 0.4) is 0 Å². The first-order chi connectivity index (χ1) is 8.86. The van der Waals surface area contributed by atoms with Crippen LogP contribution in [0.2, 0.25) is 0 Å². The zero-order valence-corrected chi connectivity index (χ0v) is 11.2. The van der Waals surface area contributed by atoms with Crippen molar-refractivity contribution in [2.24, 2.45) is 0 Å². The van der Waals surface area contributed by atoms with Crippen molar-refractivity contribution in [1.82, 2.24) is 4.90 Å². The molecule has 0 saturated carbocycles. The summed E-state index contributed by atoms with van der Waals surface area (Å²) in [6.07, 6.45) is 0. The summed E-state index contributed by atoms with van der Waals surface area (Å²) in [4.78, 5) is 25.0. The maximum atomic E-state index is 12.3. The summed E-state index contributed by atoms with van der Waals surface area (Å²) in [5.74, 6) is -0.992. The Morgan fingerprint density at radius 3 is 2.58 bits per heavy atom. The Bertz CT molecular complexity index is 486. The number of carbonyl (C=O) groups excluding carboxylic acids is 2. The lowest BCUT2D eigenvalue weighted by Crippen LogP contribution is -2.41. The Morgan fingerprint density at radius 2 is 2.05 bits per heavy atom. The summed E-state index contributed by atoms with van der Waals surface area (Å²) < 4.78 is 4.56. The Kier molecular flexibility index (Phi) is 4.74. The molecule has 0 radical (unpaired) electrons. The van der Waals surface area contributed by atoms with Crippen molar-refractivity contribution in [3.05, 3.63) is 23.8 Å². The molecule has 0 atom stereocenters. The zero-order valence-electron chi connectivity index (χ0n) is 11.2. The maximum absolute atomic E-state index is 12.3. The molecule has 0 aliphatic rings. The number of hydrogen-bond donors (Lipinski definition) is 2. The highest BCUT2D eigenvalue weighted by Gasteiger charge is 2.23. The molecule has 0 aliphatic carbocycles. The van der Waals surface area contributed by atoms with Gasteiger partial charge in [0.05, 0.1) is 12.7 Å². The topological polar surface area (TPSA) is 92.9 Å². The van der Waals surface area contributed by atoms with E-state index < -0.39 is 11.9 Å². The van der Waals surface area contributed by atoms with Gasteiger partial charge in [-0.3, -0.25) is 9.59 Å². The van der Waals surface area contributed by atoms with Crippen molar-refractivity contribution in [2.45, 2.75) is 19.9 Å². The molecule has 1 aromatic rings. The fourth-order valence-corrected chi connectivity index (χ4v) is 1.58. The van der Waals surface area contributed by atoms with Crippen LogP contribution in [0.15, 0.2) is 18.2 Å². The van der Waals surface area contributed by atoms with Gasteiger partial charge in [0.25, 0.3) is 5.91 Å². The first kappa shape index (κ1) is 14.8. The summed E-state index contributed by atoms with van der Waals surface area (Å²) in [5.41, 5.74) is 6.13. The van der Waals surface area contributed by atoms with Crippen LogP contribution >= 0.6 is 0 Å². The first-order valence-electron chi connectivity index (χ1n) is 5.83. The molecule has 1 rings (SSSR count). The van der Waals surface area contributed by atoms with E-state index in [-0.39, 0.29) is 29.6 Å². The summed E-state index contributed by atoms with van der Waals surface area (Å²) in [5, 5.41) is 9.42. The van der Waals surface area contributed by atoms with E-state index in [1.165, 1.54) is 30.2 Å². The maximum Gasteiger partial charge on any atom is 0.325 e. The number of rotatable bonds is 4. The van der Waals surface area contributed by atoms with Gasteiger partial charge in [-0.05, 0) is 32.0 Å². The lowest BCUT2D eigenvalue weighted by atomic mass is 10.1. The summed E-state index contributed by atoms with van der Waals surface area (Å²) in [6.45, 7) is 3.39. The lowest BCUT2D eigenvalue weighted by Gasteiger charge is -2.26.